The van der Waals surface area contributed by atoms with E-state index in [1.165, 1.54) is 25.1 Å². The van der Waals surface area contributed by atoms with Crippen molar-refractivity contribution in [2.75, 3.05) is 0 Å². The number of hydrogen-bond acceptors (Lipinski definition) is 4. The van der Waals surface area contributed by atoms with Crippen molar-refractivity contribution in [3.63, 3.8) is 0 Å². The molecule has 0 bridgehead atoms. The number of carboxylic acid groups (broad SMARTS) is 1. The molecular weight excluding hydrogens is 222 g/mol. The van der Waals surface area contributed by atoms with Crippen LogP contribution in [0.3, 0.4) is 0 Å². The molecule has 5 nitrogen and oxygen atoms in total. The Labute approximate surface area is 97.9 Å². The molecule has 1 rings (SSSR count). The van der Waals surface area contributed by atoms with Gasteiger partial charge in [-0.05, 0) is 24.1 Å². The zero-order valence-corrected chi connectivity index (χ0v) is 9.17. The van der Waals surface area contributed by atoms with Crippen molar-refractivity contribution in [2.45, 2.75) is 19.4 Å². The third-order valence-corrected chi connectivity index (χ3v) is 2.29. The lowest BCUT2D eigenvalue weighted by Gasteiger charge is -2.12. The van der Waals surface area contributed by atoms with Crippen LogP contribution in [-0.4, -0.2) is 22.0 Å². The molecule has 1 unspecified atom stereocenters. The van der Waals surface area contributed by atoms with Crippen LogP contribution >= 0.6 is 0 Å². The van der Waals surface area contributed by atoms with Crippen molar-refractivity contribution >= 4 is 11.8 Å². The molecule has 0 aliphatic carbocycles. The van der Waals surface area contributed by atoms with Crippen molar-refractivity contribution < 1.29 is 19.8 Å². The minimum atomic E-state index is -1.72. The Hall–Kier alpha value is -2.19. The highest BCUT2D eigenvalue weighted by molar-refractivity contribution is 5.81. The Morgan fingerprint density at radius 3 is 2.59 bits per heavy atom. The van der Waals surface area contributed by atoms with Gasteiger partial charge in [0.05, 0.1) is 11.6 Å². The van der Waals surface area contributed by atoms with Crippen molar-refractivity contribution in [3.8, 4) is 6.07 Å². The zero-order valence-electron chi connectivity index (χ0n) is 9.17. The fraction of sp³-hybridized carbons (Fsp3) is 0.250. The normalized spacial score (nSPS) is 11.6. The van der Waals surface area contributed by atoms with Crippen LogP contribution in [0, 0.1) is 11.3 Å². The number of nitrogens with zero attached hydrogens (tertiary/aromatic N) is 1. The van der Waals surface area contributed by atoms with Gasteiger partial charge in [-0.25, -0.2) is 4.79 Å². The average Bonchev–Trinajstić information content (AvgIpc) is 2.27. The van der Waals surface area contributed by atoms with Gasteiger partial charge >= 0.3 is 5.97 Å². The molecule has 1 aromatic rings. The first-order valence-corrected chi connectivity index (χ1v) is 4.89. The van der Waals surface area contributed by atoms with Crippen LogP contribution in [0.5, 0.6) is 0 Å². The Kier molecular flexibility index (Phi) is 3.96. The molecule has 1 atom stereocenters. The number of Topliss-reactive ketones (excluding diaryl/α,β-unsaturated/α-hetero) is 1. The quantitative estimate of drug-likeness (QED) is 0.801. The van der Waals surface area contributed by atoms with E-state index in [0.29, 0.717) is 0 Å². The van der Waals surface area contributed by atoms with E-state index in [1.807, 2.05) is 6.07 Å². The second-order valence-corrected chi connectivity index (χ2v) is 3.60. The number of aliphatic hydroxyl groups excluding tert-OH is 1. The first kappa shape index (κ1) is 12.9. The highest BCUT2D eigenvalue weighted by Crippen LogP contribution is 2.22. The van der Waals surface area contributed by atoms with Gasteiger partial charge in [-0.3, -0.25) is 4.79 Å². The Morgan fingerprint density at radius 2 is 2.12 bits per heavy atom. The molecule has 0 aliphatic rings. The Morgan fingerprint density at radius 1 is 1.47 bits per heavy atom. The minimum absolute atomic E-state index is 0.0661. The van der Waals surface area contributed by atoms with Gasteiger partial charge in [-0.1, -0.05) is 12.1 Å². The van der Waals surface area contributed by atoms with Gasteiger partial charge in [0.15, 0.2) is 6.10 Å². The van der Waals surface area contributed by atoms with Gasteiger partial charge in [-0.2, -0.15) is 5.26 Å². The molecule has 1 aromatic carbocycles. The summed E-state index contributed by atoms with van der Waals surface area (Å²) in [6.07, 6.45) is -1.79. The first-order valence-electron chi connectivity index (χ1n) is 4.89. The number of carboxylic acids is 1. The highest BCUT2D eigenvalue weighted by atomic mass is 16.4. The molecule has 0 saturated heterocycles. The zero-order chi connectivity index (χ0) is 13.0. The van der Waals surface area contributed by atoms with E-state index in [-0.39, 0.29) is 28.9 Å². The van der Waals surface area contributed by atoms with Gasteiger partial charge in [0.2, 0.25) is 0 Å². The molecule has 0 spiro atoms. The maximum atomic E-state index is 11.1. The Bertz CT molecular complexity index is 502. The van der Waals surface area contributed by atoms with Gasteiger partial charge in [0, 0.05) is 6.42 Å². The maximum absolute atomic E-state index is 11.1. The van der Waals surface area contributed by atoms with E-state index in [0.717, 1.165) is 0 Å². The first-order chi connectivity index (χ1) is 7.97. The Balaban J connectivity index is 3.34. The van der Waals surface area contributed by atoms with E-state index in [1.54, 1.807) is 0 Å². The van der Waals surface area contributed by atoms with Crippen LogP contribution < -0.4 is 0 Å². The number of rotatable bonds is 4. The highest BCUT2D eigenvalue weighted by Gasteiger charge is 2.21. The van der Waals surface area contributed by atoms with E-state index in [4.69, 9.17) is 10.4 Å². The lowest BCUT2D eigenvalue weighted by molar-refractivity contribution is -0.147. The van der Waals surface area contributed by atoms with Gasteiger partial charge in [-0.15, -0.1) is 0 Å². The van der Waals surface area contributed by atoms with Crippen LogP contribution in [0.25, 0.3) is 0 Å². The fourth-order valence-corrected chi connectivity index (χ4v) is 1.54. The number of aliphatic carboxylic acids is 1. The van der Waals surface area contributed by atoms with E-state index in [2.05, 4.69) is 0 Å². The SMILES string of the molecule is CC(=O)Cc1c(C#N)cccc1C(O)C(=O)O. The van der Waals surface area contributed by atoms with Crippen molar-refractivity contribution in [3.05, 3.63) is 34.9 Å². The van der Waals surface area contributed by atoms with Crippen LogP contribution in [0.1, 0.15) is 29.7 Å². The van der Waals surface area contributed by atoms with Crippen molar-refractivity contribution in [1.82, 2.24) is 0 Å². The van der Waals surface area contributed by atoms with E-state index >= 15 is 0 Å². The number of ketones is 1. The molecule has 0 saturated carbocycles. The summed E-state index contributed by atoms with van der Waals surface area (Å²) in [5.41, 5.74) is 0.571. The molecule has 0 aromatic heterocycles. The van der Waals surface area contributed by atoms with Crippen LogP contribution in [0.15, 0.2) is 18.2 Å². The predicted octanol–water partition coefficient (Wildman–Crippen LogP) is 0.808. The number of carbonyl (C=O) groups is 2. The van der Waals surface area contributed by atoms with Gasteiger partial charge < -0.3 is 10.2 Å². The lowest BCUT2D eigenvalue weighted by atomic mass is 9.94. The molecular formula is C12H11NO4. The van der Waals surface area contributed by atoms with Crippen molar-refractivity contribution in [2.24, 2.45) is 0 Å². The standard InChI is InChI=1S/C12H11NO4/c1-7(14)5-10-8(6-13)3-2-4-9(10)11(15)12(16)17/h2-4,11,15H,5H2,1H3,(H,16,17). The molecule has 0 fully saturated rings. The summed E-state index contributed by atoms with van der Waals surface area (Å²) in [6, 6.07) is 6.24. The molecule has 0 aliphatic heterocycles. The minimum Gasteiger partial charge on any atom is -0.479 e. The molecule has 17 heavy (non-hydrogen) atoms. The number of aliphatic hydroxyl groups is 1. The third-order valence-electron chi connectivity index (χ3n) is 2.29. The summed E-state index contributed by atoms with van der Waals surface area (Å²) in [5.74, 6) is -1.61. The second-order valence-electron chi connectivity index (χ2n) is 3.60. The molecule has 5 heteroatoms. The van der Waals surface area contributed by atoms with Crippen molar-refractivity contribution in [1.29, 1.82) is 5.26 Å². The van der Waals surface area contributed by atoms with Gasteiger partial charge in [0.25, 0.3) is 0 Å². The van der Waals surface area contributed by atoms with Crippen LogP contribution in [-0.2, 0) is 16.0 Å². The number of hydrogen-bond donors (Lipinski definition) is 2. The third kappa shape index (κ3) is 2.89. The second kappa shape index (κ2) is 5.23. The summed E-state index contributed by atoms with van der Waals surface area (Å²) >= 11 is 0. The fourth-order valence-electron chi connectivity index (χ4n) is 1.54. The monoisotopic (exact) mass is 233 g/mol. The molecule has 0 heterocycles. The summed E-state index contributed by atoms with van der Waals surface area (Å²) in [4.78, 5) is 21.8. The summed E-state index contributed by atoms with van der Waals surface area (Å²) in [6.45, 7) is 1.34. The van der Waals surface area contributed by atoms with Gasteiger partial charge in [0.1, 0.15) is 5.78 Å². The summed E-state index contributed by atoms with van der Waals surface area (Å²) < 4.78 is 0. The smallest absolute Gasteiger partial charge is 0.337 e. The molecule has 2 N–H and O–H groups in total. The number of carbonyl (C=O) groups excluding carboxylic acids is 1. The summed E-state index contributed by atoms with van der Waals surface area (Å²) in [5, 5.41) is 27.1. The molecule has 88 valence electrons. The van der Waals surface area contributed by atoms with Crippen LogP contribution in [0.2, 0.25) is 0 Å². The van der Waals surface area contributed by atoms with E-state index in [9.17, 15) is 14.7 Å². The topological polar surface area (TPSA) is 98.4 Å². The lowest BCUT2D eigenvalue weighted by Crippen LogP contribution is -2.15. The number of benzene rings is 1. The van der Waals surface area contributed by atoms with E-state index < -0.39 is 12.1 Å². The van der Waals surface area contributed by atoms with Crippen LogP contribution in [0.4, 0.5) is 0 Å². The predicted molar refractivity (Wildman–Crippen MR) is 58.1 cm³/mol. The largest absolute Gasteiger partial charge is 0.479 e. The average molecular weight is 233 g/mol. The molecule has 0 amide bonds. The number of nitriles is 1. The maximum Gasteiger partial charge on any atom is 0.337 e. The molecule has 0 radical (unpaired) electrons. The summed E-state index contributed by atoms with van der Waals surface area (Å²) in [7, 11) is 0.